The average Bonchev–Trinajstić information content (AvgIpc) is 2.63. The van der Waals surface area contributed by atoms with Gasteiger partial charge in [-0.15, -0.1) is 0 Å². The molecule has 0 aliphatic carbocycles. The van der Waals surface area contributed by atoms with Gasteiger partial charge in [-0.2, -0.15) is 11.8 Å². The van der Waals surface area contributed by atoms with Crippen molar-refractivity contribution in [2.75, 3.05) is 37.8 Å². The van der Waals surface area contributed by atoms with E-state index < -0.39 is 17.5 Å². The van der Waals surface area contributed by atoms with Crippen LogP contribution in [0.1, 0.15) is 12.8 Å². The first-order valence-corrected chi connectivity index (χ1v) is 7.58. The minimum Gasteiger partial charge on any atom is -0.480 e. The first kappa shape index (κ1) is 14.6. The van der Waals surface area contributed by atoms with Gasteiger partial charge in [-0.1, -0.05) is 0 Å². The number of hydrogen-bond donors (Lipinski definition) is 2. The summed E-state index contributed by atoms with van der Waals surface area (Å²) in [6, 6.07) is 0. The zero-order valence-electron chi connectivity index (χ0n) is 10.7. The summed E-state index contributed by atoms with van der Waals surface area (Å²) in [6.45, 7) is 1.03. The number of nitrogens with zero attached hydrogens (tertiary/aromatic N) is 1. The number of aliphatic hydroxyl groups excluding tert-OH is 1. The van der Waals surface area contributed by atoms with Crippen molar-refractivity contribution >= 4 is 23.6 Å². The third-order valence-electron chi connectivity index (χ3n) is 3.70. The van der Waals surface area contributed by atoms with Gasteiger partial charge in [0.1, 0.15) is 5.41 Å². The molecular formula is C12H19NO5S. The molecule has 0 aromatic rings. The summed E-state index contributed by atoms with van der Waals surface area (Å²) in [5.74, 6) is -0.0436. The summed E-state index contributed by atoms with van der Waals surface area (Å²) >= 11 is 1.68. The Bertz CT molecular complexity index is 356. The summed E-state index contributed by atoms with van der Waals surface area (Å²) in [7, 11) is 0. The number of carboxylic acids is 1. The molecule has 2 fully saturated rings. The Morgan fingerprint density at radius 2 is 2.00 bits per heavy atom. The third kappa shape index (κ3) is 3.04. The number of hydrogen-bond acceptors (Lipinski definition) is 5. The molecule has 0 aromatic carbocycles. The molecule has 0 aromatic heterocycles. The smallest absolute Gasteiger partial charge is 0.319 e. The van der Waals surface area contributed by atoms with E-state index in [0.717, 1.165) is 0 Å². The quantitative estimate of drug-likeness (QED) is 0.685. The van der Waals surface area contributed by atoms with E-state index in [-0.39, 0.29) is 19.1 Å². The van der Waals surface area contributed by atoms with Crippen LogP contribution in [0, 0.1) is 5.41 Å². The highest BCUT2D eigenvalue weighted by Gasteiger charge is 2.49. The molecule has 0 radical (unpaired) electrons. The van der Waals surface area contributed by atoms with E-state index in [2.05, 4.69) is 0 Å². The average molecular weight is 289 g/mol. The van der Waals surface area contributed by atoms with Crippen molar-refractivity contribution in [2.24, 2.45) is 5.41 Å². The predicted molar refractivity (Wildman–Crippen MR) is 70.0 cm³/mol. The molecule has 108 valence electrons. The van der Waals surface area contributed by atoms with Gasteiger partial charge in [-0.3, -0.25) is 9.59 Å². The van der Waals surface area contributed by atoms with E-state index in [1.807, 2.05) is 0 Å². The minimum absolute atomic E-state index is 0.154. The Morgan fingerprint density at radius 3 is 2.63 bits per heavy atom. The van der Waals surface area contributed by atoms with Crippen LogP contribution in [0.4, 0.5) is 0 Å². The maximum atomic E-state index is 12.6. The lowest BCUT2D eigenvalue weighted by Gasteiger charge is -2.36. The number of β-amino-alcohol motifs (C(OH)–C–C–N with tert-alkyl or cyclic N) is 1. The Labute approximate surface area is 116 Å². The van der Waals surface area contributed by atoms with Crippen LogP contribution in [0.2, 0.25) is 0 Å². The van der Waals surface area contributed by atoms with Crippen molar-refractivity contribution in [3.8, 4) is 0 Å². The lowest BCUT2D eigenvalue weighted by Crippen LogP contribution is -2.52. The number of carbonyl (C=O) groups is 2. The van der Waals surface area contributed by atoms with Gasteiger partial charge in [-0.25, -0.2) is 0 Å². The number of aliphatic hydroxyl groups is 1. The molecule has 0 spiro atoms. The highest BCUT2D eigenvalue weighted by molar-refractivity contribution is 7.99. The molecule has 1 atom stereocenters. The van der Waals surface area contributed by atoms with Crippen LogP contribution in [0.3, 0.4) is 0 Å². The lowest BCUT2D eigenvalue weighted by molar-refractivity contribution is -0.162. The lowest BCUT2D eigenvalue weighted by atomic mass is 9.80. The molecule has 7 heteroatoms. The second-order valence-electron chi connectivity index (χ2n) is 4.98. The highest BCUT2D eigenvalue weighted by Crippen LogP contribution is 2.37. The van der Waals surface area contributed by atoms with E-state index in [4.69, 9.17) is 4.74 Å². The van der Waals surface area contributed by atoms with E-state index in [1.165, 1.54) is 4.90 Å². The molecule has 2 saturated heterocycles. The third-order valence-corrected chi connectivity index (χ3v) is 4.68. The molecular weight excluding hydrogens is 270 g/mol. The summed E-state index contributed by atoms with van der Waals surface area (Å²) in [4.78, 5) is 25.6. The number of amides is 1. The fraction of sp³-hybridized carbons (Fsp3) is 0.833. The van der Waals surface area contributed by atoms with E-state index in [1.54, 1.807) is 11.8 Å². The first-order chi connectivity index (χ1) is 9.06. The molecule has 0 saturated carbocycles. The van der Waals surface area contributed by atoms with Crippen molar-refractivity contribution in [1.82, 2.24) is 4.90 Å². The van der Waals surface area contributed by atoms with Gasteiger partial charge in [0.15, 0.2) is 0 Å². The molecule has 2 aliphatic rings. The monoisotopic (exact) mass is 289 g/mol. The van der Waals surface area contributed by atoms with E-state index in [0.29, 0.717) is 37.5 Å². The topological polar surface area (TPSA) is 87.1 Å². The van der Waals surface area contributed by atoms with Gasteiger partial charge >= 0.3 is 5.97 Å². The van der Waals surface area contributed by atoms with Crippen LogP contribution in [0.5, 0.6) is 0 Å². The van der Waals surface area contributed by atoms with Crippen LogP contribution >= 0.6 is 11.8 Å². The molecule has 19 heavy (non-hydrogen) atoms. The van der Waals surface area contributed by atoms with Crippen LogP contribution in [-0.4, -0.2) is 70.9 Å². The van der Waals surface area contributed by atoms with Crippen LogP contribution in [0.15, 0.2) is 0 Å². The van der Waals surface area contributed by atoms with Gasteiger partial charge < -0.3 is 19.8 Å². The zero-order chi connectivity index (χ0) is 13.9. The second kappa shape index (κ2) is 6.11. The summed E-state index contributed by atoms with van der Waals surface area (Å²) in [5, 5.41) is 19.1. The second-order valence-corrected chi connectivity index (χ2v) is 6.20. The van der Waals surface area contributed by atoms with Crippen LogP contribution < -0.4 is 0 Å². The van der Waals surface area contributed by atoms with Crippen molar-refractivity contribution < 1.29 is 24.5 Å². The van der Waals surface area contributed by atoms with Gasteiger partial charge in [-0.05, 0) is 24.3 Å². The summed E-state index contributed by atoms with van der Waals surface area (Å²) in [6.07, 6.45) is -0.0197. The van der Waals surface area contributed by atoms with Crippen LogP contribution in [-0.2, 0) is 14.3 Å². The number of carboxylic acid groups (broad SMARTS) is 1. The molecule has 6 nitrogen and oxygen atoms in total. The molecule has 1 unspecified atom stereocenters. The maximum Gasteiger partial charge on any atom is 0.319 e. The minimum atomic E-state index is -1.31. The summed E-state index contributed by atoms with van der Waals surface area (Å²) in [5.41, 5.74) is -1.31. The fourth-order valence-corrected chi connectivity index (χ4v) is 3.71. The van der Waals surface area contributed by atoms with E-state index >= 15 is 0 Å². The van der Waals surface area contributed by atoms with Crippen molar-refractivity contribution in [2.45, 2.75) is 18.9 Å². The van der Waals surface area contributed by atoms with Gasteiger partial charge in [0.2, 0.25) is 5.91 Å². The standard InChI is InChI=1S/C12H19NO5S/c14-9-7-13(3-4-18-8-9)10(15)12(11(16)17)1-5-19-6-2-12/h9,14H,1-8H2,(H,16,17). The van der Waals surface area contributed by atoms with Gasteiger partial charge in [0.25, 0.3) is 0 Å². The molecule has 2 rings (SSSR count). The fourth-order valence-electron chi connectivity index (χ4n) is 2.52. The number of carbonyl (C=O) groups excluding carboxylic acids is 1. The highest BCUT2D eigenvalue weighted by atomic mass is 32.2. The largest absolute Gasteiger partial charge is 0.480 e. The zero-order valence-corrected chi connectivity index (χ0v) is 11.5. The van der Waals surface area contributed by atoms with Crippen molar-refractivity contribution in [3.63, 3.8) is 0 Å². The number of rotatable bonds is 2. The number of thioether (sulfide) groups is 1. The van der Waals surface area contributed by atoms with Crippen molar-refractivity contribution in [1.29, 1.82) is 0 Å². The predicted octanol–water partition coefficient (Wildman–Crippen LogP) is -0.196. The number of ether oxygens (including phenoxy) is 1. The molecule has 0 bridgehead atoms. The molecule has 2 N–H and O–H groups in total. The Kier molecular flexibility index (Phi) is 4.70. The molecule has 2 heterocycles. The Morgan fingerprint density at radius 1 is 1.32 bits per heavy atom. The summed E-state index contributed by atoms with van der Waals surface area (Å²) < 4.78 is 5.17. The maximum absolute atomic E-state index is 12.6. The molecule has 2 aliphatic heterocycles. The first-order valence-electron chi connectivity index (χ1n) is 6.42. The van der Waals surface area contributed by atoms with Crippen LogP contribution in [0.25, 0.3) is 0 Å². The Balaban J connectivity index is 2.16. The Hall–Kier alpha value is -0.790. The molecule has 1 amide bonds. The van der Waals surface area contributed by atoms with E-state index in [9.17, 15) is 19.8 Å². The van der Waals surface area contributed by atoms with Gasteiger partial charge in [0, 0.05) is 13.1 Å². The van der Waals surface area contributed by atoms with Gasteiger partial charge in [0.05, 0.1) is 19.3 Å². The normalized spacial score (nSPS) is 27.6. The van der Waals surface area contributed by atoms with Crippen molar-refractivity contribution in [3.05, 3.63) is 0 Å². The number of aliphatic carboxylic acids is 1. The SMILES string of the molecule is O=C(O)C1(C(=O)N2CCOCC(O)C2)CCSCC1.